The molecule has 1 aliphatic heterocycles. The first-order chi connectivity index (χ1) is 9.72. The highest BCUT2D eigenvalue weighted by Crippen LogP contribution is 2.30. The fourth-order valence-electron chi connectivity index (χ4n) is 2.08. The third-order valence-electron chi connectivity index (χ3n) is 3.05. The smallest absolute Gasteiger partial charge is 0.319 e. The van der Waals surface area contributed by atoms with E-state index in [0.717, 1.165) is 5.56 Å². The van der Waals surface area contributed by atoms with E-state index >= 15 is 0 Å². The maximum atomic E-state index is 11.7. The second-order valence-electron chi connectivity index (χ2n) is 4.69. The molecule has 1 saturated heterocycles. The number of hydrogen-bond acceptors (Lipinski definition) is 6. The van der Waals surface area contributed by atoms with E-state index in [0.29, 0.717) is 18.1 Å². The number of benzene rings is 1. The Bertz CT molecular complexity index is 601. The number of carbonyl (C=O) groups is 1. The number of hydrogen-bond donors (Lipinski definition) is 0. The average Bonchev–Trinajstić information content (AvgIpc) is 2.99. The van der Waals surface area contributed by atoms with Crippen LogP contribution in [0.5, 0.6) is 0 Å². The van der Waals surface area contributed by atoms with Crippen molar-refractivity contribution in [2.45, 2.75) is 36.4 Å². The molecule has 1 aromatic heterocycles. The van der Waals surface area contributed by atoms with E-state index in [2.05, 4.69) is 15.5 Å². The minimum atomic E-state index is -0.217. The number of carbonyl (C=O) groups excluding carboxylic acids is 1. The molecule has 0 N–H and O–H groups in total. The van der Waals surface area contributed by atoms with Crippen LogP contribution >= 0.6 is 11.8 Å². The number of cyclic esters (lactones) is 1. The van der Waals surface area contributed by atoms with Crippen LogP contribution in [0.25, 0.3) is 0 Å². The lowest BCUT2D eigenvalue weighted by Gasteiger charge is -2.06. The molecule has 7 heteroatoms. The van der Waals surface area contributed by atoms with E-state index in [1.54, 1.807) is 4.68 Å². The van der Waals surface area contributed by atoms with E-state index in [1.807, 2.05) is 37.3 Å². The molecule has 3 rings (SSSR count). The summed E-state index contributed by atoms with van der Waals surface area (Å²) in [5, 5.41) is 12.1. The van der Waals surface area contributed by atoms with Gasteiger partial charge < -0.3 is 4.74 Å². The summed E-state index contributed by atoms with van der Waals surface area (Å²) >= 11 is 1.37. The number of rotatable bonds is 4. The van der Waals surface area contributed by atoms with Crippen molar-refractivity contribution in [2.75, 3.05) is 0 Å². The largest absolute Gasteiger partial charge is 0.462 e. The van der Waals surface area contributed by atoms with Crippen LogP contribution in [0, 0.1) is 0 Å². The van der Waals surface area contributed by atoms with Gasteiger partial charge in [-0.15, -0.1) is 5.10 Å². The lowest BCUT2D eigenvalue weighted by atomic mass is 10.2. The van der Waals surface area contributed by atoms with Crippen LogP contribution in [0.2, 0.25) is 0 Å². The van der Waals surface area contributed by atoms with Crippen molar-refractivity contribution in [3.8, 4) is 0 Å². The van der Waals surface area contributed by atoms with Gasteiger partial charge in [0.2, 0.25) is 5.16 Å². The van der Waals surface area contributed by atoms with E-state index in [9.17, 15) is 4.79 Å². The number of nitrogens with zero attached hydrogens (tertiary/aromatic N) is 4. The van der Waals surface area contributed by atoms with Gasteiger partial charge in [-0.3, -0.25) is 4.79 Å². The second kappa shape index (κ2) is 5.62. The second-order valence-corrected chi connectivity index (χ2v) is 5.86. The first kappa shape index (κ1) is 13.1. The Morgan fingerprint density at radius 1 is 1.40 bits per heavy atom. The first-order valence-electron chi connectivity index (χ1n) is 6.39. The Hall–Kier alpha value is -1.89. The molecule has 0 aliphatic carbocycles. The minimum absolute atomic E-state index is 0.0292. The van der Waals surface area contributed by atoms with Crippen molar-refractivity contribution in [1.82, 2.24) is 20.2 Å². The van der Waals surface area contributed by atoms with Gasteiger partial charge in [0.15, 0.2) is 0 Å². The molecule has 1 fully saturated rings. The summed E-state index contributed by atoms with van der Waals surface area (Å²) < 4.78 is 6.85. The van der Waals surface area contributed by atoms with Crippen molar-refractivity contribution in [1.29, 1.82) is 0 Å². The molecule has 2 atom stereocenters. The Morgan fingerprint density at radius 2 is 2.20 bits per heavy atom. The fraction of sp³-hybridized carbons (Fsp3) is 0.385. The van der Waals surface area contributed by atoms with Crippen LogP contribution in [-0.4, -0.2) is 37.5 Å². The number of thioether (sulfide) groups is 1. The fourth-order valence-corrected chi connectivity index (χ4v) is 3.16. The van der Waals surface area contributed by atoms with Crippen LogP contribution in [-0.2, 0) is 16.1 Å². The monoisotopic (exact) mass is 290 g/mol. The van der Waals surface area contributed by atoms with Gasteiger partial charge in [-0.25, -0.2) is 4.68 Å². The summed E-state index contributed by atoms with van der Waals surface area (Å²) in [5.41, 5.74) is 1.11. The summed E-state index contributed by atoms with van der Waals surface area (Å²) in [6.07, 6.45) is 0.667. The van der Waals surface area contributed by atoms with Gasteiger partial charge in [0.05, 0.1) is 6.54 Å². The summed E-state index contributed by atoms with van der Waals surface area (Å²) in [6, 6.07) is 9.95. The molecule has 2 aromatic rings. The molecule has 20 heavy (non-hydrogen) atoms. The predicted molar refractivity (Wildman–Crippen MR) is 73.2 cm³/mol. The highest BCUT2D eigenvalue weighted by Gasteiger charge is 2.34. The number of ether oxygens (including phenoxy) is 1. The number of tetrazole rings is 1. The minimum Gasteiger partial charge on any atom is -0.462 e. The molecular formula is C13H14N4O2S. The molecule has 0 saturated carbocycles. The lowest BCUT2D eigenvalue weighted by Crippen LogP contribution is -2.12. The summed E-state index contributed by atoms with van der Waals surface area (Å²) in [4.78, 5) is 11.7. The van der Waals surface area contributed by atoms with Crippen molar-refractivity contribution < 1.29 is 9.53 Å². The Balaban J connectivity index is 1.72. The molecule has 0 bridgehead atoms. The highest BCUT2D eigenvalue weighted by molar-refractivity contribution is 8.00. The van der Waals surface area contributed by atoms with Crippen LogP contribution in [0.3, 0.4) is 0 Å². The lowest BCUT2D eigenvalue weighted by molar-refractivity contribution is -0.140. The standard InChI is InChI=1S/C13H14N4O2S/c1-9-7-11(12(18)19-9)20-13-14-15-16-17(13)8-10-5-3-2-4-6-10/h2-6,9,11H,7-8H2,1H3/t9-,11+/m1/s1. The zero-order chi connectivity index (χ0) is 13.9. The van der Waals surface area contributed by atoms with Gasteiger partial charge in [0, 0.05) is 6.42 Å². The van der Waals surface area contributed by atoms with E-state index in [1.165, 1.54) is 11.8 Å². The van der Waals surface area contributed by atoms with Crippen LogP contribution in [0.15, 0.2) is 35.5 Å². The molecule has 1 aromatic carbocycles. The normalized spacial score (nSPS) is 21.9. The molecule has 0 radical (unpaired) electrons. The zero-order valence-electron chi connectivity index (χ0n) is 11.0. The number of aromatic nitrogens is 4. The molecule has 1 aliphatic rings. The predicted octanol–water partition coefficient (Wildman–Crippen LogP) is 1.52. The summed E-state index contributed by atoms with van der Waals surface area (Å²) in [5.74, 6) is -0.184. The Kier molecular flexibility index (Phi) is 3.68. The van der Waals surface area contributed by atoms with Gasteiger partial charge in [0.1, 0.15) is 11.4 Å². The summed E-state index contributed by atoms with van der Waals surface area (Å²) in [6.45, 7) is 2.49. The molecular weight excluding hydrogens is 276 g/mol. The molecule has 2 heterocycles. The molecule has 0 spiro atoms. The van der Waals surface area contributed by atoms with Crippen LogP contribution < -0.4 is 0 Å². The van der Waals surface area contributed by atoms with Crippen molar-refractivity contribution in [3.05, 3.63) is 35.9 Å². The quantitative estimate of drug-likeness (QED) is 0.795. The van der Waals surface area contributed by atoms with Gasteiger partial charge in [-0.05, 0) is 22.9 Å². The molecule has 0 unspecified atom stereocenters. The Morgan fingerprint density at radius 3 is 2.90 bits per heavy atom. The van der Waals surface area contributed by atoms with Crippen molar-refractivity contribution >= 4 is 17.7 Å². The van der Waals surface area contributed by atoms with Crippen molar-refractivity contribution in [3.63, 3.8) is 0 Å². The van der Waals surface area contributed by atoms with E-state index in [-0.39, 0.29) is 17.3 Å². The van der Waals surface area contributed by atoms with E-state index < -0.39 is 0 Å². The third kappa shape index (κ3) is 2.82. The summed E-state index contributed by atoms with van der Waals surface area (Å²) in [7, 11) is 0. The maximum absolute atomic E-state index is 11.7. The topological polar surface area (TPSA) is 69.9 Å². The molecule has 0 amide bonds. The van der Waals surface area contributed by atoms with Gasteiger partial charge in [-0.1, -0.05) is 42.1 Å². The van der Waals surface area contributed by atoms with Gasteiger partial charge in [0.25, 0.3) is 0 Å². The highest BCUT2D eigenvalue weighted by atomic mass is 32.2. The van der Waals surface area contributed by atoms with Crippen LogP contribution in [0.4, 0.5) is 0 Å². The molecule has 104 valence electrons. The van der Waals surface area contributed by atoms with E-state index in [4.69, 9.17) is 4.74 Å². The van der Waals surface area contributed by atoms with Gasteiger partial charge >= 0.3 is 5.97 Å². The molecule has 6 nitrogen and oxygen atoms in total. The Labute approximate surface area is 120 Å². The third-order valence-corrected chi connectivity index (χ3v) is 4.22. The zero-order valence-corrected chi connectivity index (χ0v) is 11.8. The average molecular weight is 290 g/mol. The number of esters is 1. The maximum Gasteiger partial charge on any atom is 0.319 e. The van der Waals surface area contributed by atoms with Crippen molar-refractivity contribution in [2.24, 2.45) is 0 Å². The van der Waals surface area contributed by atoms with Crippen LogP contribution in [0.1, 0.15) is 18.9 Å². The van der Waals surface area contributed by atoms with Gasteiger partial charge in [-0.2, -0.15) is 0 Å². The first-order valence-corrected chi connectivity index (χ1v) is 7.27. The SMILES string of the molecule is C[C@@H]1C[C@H](Sc2nnnn2Cc2ccccc2)C(=O)O1.